The molecule has 0 aliphatic heterocycles. The van der Waals surface area contributed by atoms with E-state index < -0.39 is 5.97 Å². The molecule has 110 valence electrons. The molecule has 0 unspecified atom stereocenters. The maximum absolute atomic E-state index is 12.3. The molecule has 1 N–H and O–H groups in total. The number of carboxylic acids is 1. The largest absolute Gasteiger partial charge is 0.497 e. The smallest absolute Gasteiger partial charge is 0.336 e. The number of rotatable bonds is 3. The summed E-state index contributed by atoms with van der Waals surface area (Å²) in [5, 5.41) is 9.63. The van der Waals surface area contributed by atoms with E-state index in [2.05, 4.69) is 0 Å². The maximum atomic E-state index is 12.3. The molecule has 2 aromatic carbocycles. The predicted molar refractivity (Wildman–Crippen MR) is 81.4 cm³/mol. The van der Waals surface area contributed by atoms with Crippen LogP contribution in [0.4, 0.5) is 0 Å². The first kappa shape index (κ1) is 13.9. The zero-order chi connectivity index (χ0) is 15.7. The van der Waals surface area contributed by atoms with Crippen molar-refractivity contribution in [3.8, 4) is 17.1 Å². The second-order valence-electron chi connectivity index (χ2n) is 4.69. The van der Waals surface area contributed by atoms with Gasteiger partial charge in [-0.1, -0.05) is 18.2 Å². The quantitative estimate of drug-likeness (QED) is 0.803. The van der Waals surface area contributed by atoms with Gasteiger partial charge in [-0.05, 0) is 24.3 Å². The zero-order valence-corrected chi connectivity index (χ0v) is 11.7. The molecule has 0 saturated carbocycles. The fourth-order valence-corrected chi connectivity index (χ4v) is 2.28. The highest BCUT2D eigenvalue weighted by Crippen LogP contribution is 2.27. The zero-order valence-electron chi connectivity index (χ0n) is 11.7. The minimum absolute atomic E-state index is 0.0820. The van der Waals surface area contributed by atoms with Crippen LogP contribution in [0.1, 0.15) is 10.4 Å². The number of carboxylic acid groups (broad SMARTS) is 1. The van der Waals surface area contributed by atoms with Gasteiger partial charge >= 0.3 is 5.97 Å². The summed E-state index contributed by atoms with van der Waals surface area (Å²) in [6, 6.07) is 12.6. The summed E-state index contributed by atoms with van der Waals surface area (Å²) in [5.74, 6) is -0.299. The fourth-order valence-electron chi connectivity index (χ4n) is 2.28. The Bertz CT molecular complexity index is 924. The molecule has 5 heteroatoms. The molecule has 3 aromatic rings. The molecule has 1 aromatic heterocycles. The first-order chi connectivity index (χ1) is 10.6. The Hall–Kier alpha value is -3.08. The van der Waals surface area contributed by atoms with E-state index in [-0.39, 0.29) is 16.8 Å². The second kappa shape index (κ2) is 5.37. The van der Waals surface area contributed by atoms with E-state index in [0.717, 1.165) is 0 Å². The lowest BCUT2D eigenvalue weighted by atomic mass is 10.0. The van der Waals surface area contributed by atoms with Crippen molar-refractivity contribution < 1.29 is 19.1 Å². The van der Waals surface area contributed by atoms with Crippen LogP contribution in [-0.4, -0.2) is 18.2 Å². The van der Waals surface area contributed by atoms with Gasteiger partial charge in [-0.15, -0.1) is 0 Å². The Morgan fingerprint density at radius 2 is 1.91 bits per heavy atom. The van der Waals surface area contributed by atoms with E-state index in [0.29, 0.717) is 22.3 Å². The van der Waals surface area contributed by atoms with Gasteiger partial charge in [-0.3, -0.25) is 4.79 Å². The molecule has 0 aliphatic carbocycles. The summed E-state index contributed by atoms with van der Waals surface area (Å²) in [7, 11) is 1.51. The van der Waals surface area contributed by atoms with Crippen molar-refractivity contribution in [1.29, 1.82) is 0 Å². The van der Waals surface area contributed by atoms with Crippen LogP contribution in [-0.2, 0) is 0 Å². The normalized spacial score (nSPS) is 10.6. The molecule has 0 aliphatic rings. The Labute approximate surface area is 125 Å². The molecular formula is C17H12O5. The number of methoxy groups -OCH3 is 1. The van der Waals surface area contributed by atoms with E-state index in [1.165, 1.54) is 19.2 Å². The first-order valence-corrected chi connectivity index (χ1v) is 6.55. The van der Waals surface area contributed by atoms with Crippen LogP contribution < -0.4 is 10.2 Å². The molecule has 0 spiro atoms. The summed E-state index contributed by atoms with van der Waals surface area (Å²) in [4.78, 5) is 23.5. The third-order valence-corrected chi connectivity index (χ3v) is 3.36. The lowest BCUT2D eigenvalue weighted by Crippen LogP contribution is -2.03. The average molecular weight is 296 g/mol. The van der Waals surface area contributed by atoms with Gasteiger partial charge in [0.15, 0.2) is 5.43 Å². The molecule has 0 amide bonds. The van der Waals surface area contributed by atoms with Crippen molar-refractivity contribution >= 4 is 16.9 Å². The van der Waals surface area contributed by atoms with Crippen LogP contribution in [0.3, 0.4) is 0 Å². The van der Waals surface area contributed by atoms with Crippen LogP contribution >= 0.6 is 0 Å². The van der Waals surface area contributed by atoms with Gasteiger partial charge < -0.3 is 14.3 Å². The molecule has 1 heterocycles. The highest BCUT2D eigenvalue weighted by atomic mass is 16.5. The molecule has 0 saturated heterocycles. The average Bonchev–Trinajstić information content (AvgIpc) is 2.54. The Kier molecular flexibility index (Phi) is 3.39. The van der Waals surface area contributed by atoms with E-state index in [9.17, 15) is 14.7 Å². The second-order valence-corrected chi connectivity index (χ2v) is 4.69. The van der Waals surface area contributed by atoms with Gasteiger partial charge in [-0.25, -0.2) is 4.79 Å². The van der Waals surface area contributed by atoms with Gasteiger partial charge in [0.25, 0.3) is 0 Å². The lowest BCUT2D eigenvalue weighted by Gasteiger charge is -2.07. The van der Waals surface area contributed by atoms with Crippen LogP contribution in [0.5, 0.6) is 5.75 Å². The highest BCUT2D eigenvalue weighted by molar-refractivity contribution is 5.95. The summed E-state index contributed by atoms with van der Waals surface area (Å²) in [5.41, 5.74) is 0.571. The van der Waals surface area contributed by atoms with Crippen LogP contribution in [0.15, 0.2) is 57.7 Å². The van der Waals surface area contributed by atoms with Crippen molar-refractivity contribution in [3.05, 3.63) is 64.3 Å². The molecule has 0 atom stereocenters. The van der Waals surface area contributed by atoms with Gasteiger partial charge in [0, 0.05) is 11.6 Å². The Balaban J connectivity index is 2.26. The number of benzene rings is 2. The van der Waals surface area contributed by atoms with Gasteiger partial charge in [-0.2, -0.15) is 0 Å². The summed E-state index contributed by atoms with van der Waals surface area (Å²) in [6.07, 6.45) is 0. The molecule has 5 nitrogen and oxygen atoms in total. The molecular weight excluding hydrogens is 284 g/mol. The van der Waals surface area contributed by atoms with Crippen molar-refractivity contribution in [2.45, 2.75) is 0 Å². The molecule has 22 heavy (non-hydrogen) atoms. The number of hydrogen-bond donors (Lipinski definition) is 1. The minimum Gasteiger partial charge on any atom is -0.497 e. The maximum Gasteiger partial charge on any atom is 0.336 e. The third-order valence-electron chi connectivity index (χ3n) is 3.36. The summed E-state index contributed by atoms with van der Waals surface area (Å²) < 4.78 is 10.8. The number of ether oxygens (including phenoxy) is 1. The number of fused-ring (bicyclic) bond motifs is 1. The van der Waals surface area contributed by atoms with E-state index in [4.69, 9.17) is 9.15 Å². The van der Waals surface area contributed by atoms with Crippen molar-refractivity contribution in [3.63, 3.8) is 0 Å². The fraction of sp³-hybridized carbons (Fsp3) is 0.0588. The van der Waals surface area contributed by atoms with Crippen molar-refractivity contribution in [2.24, 2.45) is 0 Å². The van der Waals surface area contributed by atoms with E-state index >= 15 is 0 Å². The third kappa shape index (κ3) is 2.33. The molecule has 0 radical (unpaired) electrons. The lowest BCUT2D eigenvalue weighted by molar-refractivity contribution is 0.0697. The van der Waals surface area contributed by atoms with Gasteiger partial charge in [0.05, 0.1) is 18.1 Å². The number of aromatic carboxylic acids is 1. The van der Waals surface area contributed by atoms with E-state index in [1.54, 1.807) is 36.4 Å². The van der Waals surface area contributed by atoms with Crippen LogP contribution in [0.25, 0.3) is 22.3 Å². The van der Waals surface area contributed by atoms with Crippen LogP contribution in [0.2, 0.25) is 0 Å². The monoisotopic (exact) mass is 296 g/mol. The standard InChI is InChI=1S/C17H12O5/c1-21-10-6-7-15-13(8-10)14(18)9-16(22-15)11-4-2-3-5-12(11)17(19)20/h2-9H,1H3,(H,19,20). The highest BCUT2D eigenvalue weighted by Gasteiger charge is 2.14. The van der Waals surface area contributed by atoms with Crippen LogP contribution in [0, 0.1) is 0 Å². The Morgan fingerprint density at radius 1 is 1.14 bits per heavy atom. The van der Waals surface area contributed by atoms with Crippen molar-refractivity contribution in [2.75, 3.05) is 7.11 Å². The molecule has 0 fully saturated rings. The van der Waals surface area contributed by atoms with Gasteiger partial charge in [0.1, 0.15) is 17.1 Å². The summed E-state index contributed by atoms with van der Waals surface area (Å²) >= 11 is 0. The molecule has 3 rings (SSSR count). The predicted octanol–water partition coefficient (Wildman–Crippen LogP) is 3.17. The summed E-state index contributed by atoms with van der Waals surface area (Å²) in [6.45, 7) is 0. The Morgan fingerprint density at radius 3 is 2.64 bits per heavy atom. The minimum atomic E-state index is -1.08. The SMILES string of the molecule is COc1ccc2oc(-c3ccccc3C(=O)O)cc(=O)c2c1. The topological polar surface area (TPSA) is 76.7 Å². The number of hydrogen-bond acceptors (Lipinski definition) is 4. The van der Waals surface area contributed by atoms with E-state index in [1.807, 2.05) is 0 Å². The number of carbonyl (C=O) groups is 1. The van der Waals surface area contributed by atoms with Crippen molar-refractivity contribution in [1.82, 2.24) is 0 Å². The van der Waals surface area contributed by atoms with Gasteiger partial charge in [0.2, 0.25) is 0 Å². The molecule has 0 bridgehead atoms. The first-order valence-electron chi connectivity index (χ1n) is 6.55.